The molecule has 0 radical (unpaired) electrons. The van der Waals surface area contributed by atoms with E-state index in [1.54, 1.807) is 41.3 Å². The van der Waals surface area contributed by atoms with E-state index in [2.05, 4.69) is 0 Å². The summed E-state index contributed by atoms with van der Waals surface area (Å²) in [6.45, 7) is 2.33. The molecule has 1 saturated heterocycles. The Bertz CT molecular complexity index is 1280. The van der Waals surface area contributed by atoms with E-state index in [4.69, 9.17) is 16.3 Å². The van der Waals surface area contributed by atoms with Crippen molar-refractivity contribution in [3.63, 3.8) is 0 Å². The molecule has 5 nitrogen and oxygen atoms in total. The second-order valence-electron chi connectivity index (χ2n) is 8.73. The lowest BCUT2D eigenvalue weighted by Crippen LogP contribution is -2.31. The van der Waals surface area contributed by atoms with Crippen molar-refractivity contribution in [1.82, 2.24) is 4.90 Å². The van der Waals surface area contributed by atoms with Gasteiger partial charge >= 0.3 is 0 Å². The fraction of sp³-hybridized carbons (Fsp3) is 0.214. The zero-order valence-electron chi connectivity index (χ0n) is 18.7. The van der Waals surface area contributed by atoms with Crippen LogP contribution in [0, 0.1) is 0 Å². The van der Waals surface area contributed by atoms with Crippen LogP contribution in [0.5, 0.6) is 5.75 Å². The second-order valence-corrected chi connectivity index (χ2v) is 9.17. The minimum absolute atomic E-state index is 0.0602. The van der Waals surface area contributed by atoms with Crippen LogP contribution in [0.1, 0.15) is 35.2 Å². The summed E-state index contributed by atoms with van der Waals surface area (Å²) in [5, 5.41) is 11.9. The molecule has 2 atom stereocenters. The van der Waals surface area contributed by atoms with Crippen molar-refractivity contribution >= 4 is 29.1 Å². The lowest BCUT2D eigenvalue weighted by molar-refractivity contribution is -0.139. The van der Waals surface area contributed by atoms with Gasteiger partial charge in [0.25, 0.3) is 11.7 Å². The molecular weight excluding hydrogens is 450 g/mol. The van der Waals surface area contributed by atoms with Crippen LogP contribution in [0.2, 0.25) is 5.02 Å². The van der Waals surface area contributed by atoms with Crippen LogP contribution in [0.3, 0.4) is 0 Å². The molecule has 2 aliphatic rings. The van der Waals surface area contributed by atoms with E-state index < -0.39 is 17.7 Å². The maximum atomic E-state index is 13.2. The molecule has 0 bridgehead atoms. The molecule has 3 aromatic carbocycles. The summed E-state index contributed by atoms with van der Waals surface area (Å²) in [7, 11) is 0. The number of hydrogen-bond donors (Lipinski definition) is 1. The zero-order chi connectivity index (χ0) is 23.8. The third-order valence-corrected chi connectivity index (χ3v) is 6.63. The Balaban J connectivity index is 1.57. The summed E-state index contributed by atoms with van der Waals surface area (Å²) in [5.41, 5.74) is 3.34. The topological polar surface area (TPSA) is 66.8 Å². The van der Waals surface area contributed by atoms with Crippen LogP contribution in [0.4, 0.5) is 0 Å². The van der Waals surface area contributed by atoms with Crippen LogP contribution >= 0.6 is 11.6 Å². The van der Waals surface area contributed by atoms with Crippen LogP contribution in [0.15, 0.2) is 78.4 Å². The number of benzene rings is 3. The highest BCUT2D eigenvalue weighted by atomic mass is 35.5. The monoisotopic (exact) mass is 473 g/mol. The minimum atomic E-state index is -0.704. The predicted molar refractivity (Wildman–Crippen MR) is 131 cm³/mol. The first-order valence-corrected chi connectivity index (χ1v) is 11.7. The normalized spacial score (nSPS) is 20.9. The molecule has 0 saturated carbocycles. The molecule has 2 heterocycles. The summed E-state index contributed by atoms with van der Waals surface area (Å²) >= 11 is 6.09. The summed E-state index contributed by atoms with van der Waals surface area (Å²) in [5.74, 6) is -0.698. The number of ether oxygens (including phenoxy) is 1. The first-order chi connectivity index (χ1) is 16.4. The number of ketones is 1. The third-order valence-electron chi connectivity index (χ3n) is 6.38. The van der Waals surface area contributed by atoms with Gasteiger partial charge in [0.15, 0.2) is 0 Å². The Morgan fingerprint density at radius 2 is 1.79 bits per heavy atom. The van der Waals surface area contributed by atoms with Gasteiger partial charge in [-0.3, -0.25) is 9.59 Å². The number of likely N-dealkylation sites (tertiary alicyclic amines) is 1. The minimum Gasteiger partial charge on any atom is -0.507 e. The first kappa shape index (κ1) is 22.2. The molecule has 0 aliphatic carbocycles. The van der Waals surface area contributed by atoms with Crippen molar-refractivity contribution in [1.29, 1.82) is 0 Å². The Labute approximate surface area is 203 Å². The first-order valence-electron chi connectivity index (χ1n) is 11.3. The fourth-order valence-corrected chi connectivity index (χ4v) is 4.85. The number of fused-ring (bicyclic) bond motifs is 1. The summed E-state index contributed by atoms with van der Waals surface area (Å²) < 4.78 is 5.76. The van der Waals surface area contributed by atoms with Gasteiger partial charge in [-0.05, 0) is 60.4 Å². The molecule has 0 unspecified atom stereocenters. The van der Waals surface area contributed by atoms with Gasteiger partial charge in [0.05, 0.1) is 11.6 Å². The number of carbonyl (C=O) groups excluding carboxylic acids is 2. The van der Waals surface area contributed by atoms with Gasteiger partial charge in [0.2, 0.25) is 0 Å². The van der Waals surface area contributed by atoms with E-state index in [9.17, 15) is 14.7 Å². The maximum absolute atomic E-state index is 13.2. The number of carbonyl (C=O) groups is 2. The van der Waals surface area contributed by atoms with Gasteiger partial charge in [-0.2, -0.15) is 0 Å². The number of Topliss-reactive ketones (excluding diaryl/α,β-unsaturated/α-hetero) is 1. The van der Waals surface area contributed by atoms with Gasteiger partial charge in [-0.25, -0.2) is 0 Å². The van der Waals surface area contributed by atoms with Crippen molar-refractivity contribution in [2.24, 2.45) is 0 Å². The molecule has 1 fully saturated rings. The fourth-order valence-electron chi connectivity index (χ4n) is 4.72. The molecule has 2 aliphatic heterocycles. The Morgan fingerprint density at radius 3 is 2.53 bits per heavy atom. The smallest absolute Gasteiger partial charge is 0.295 e. The average Bonchev–Trinajstić information content (AvgIpc) is 3.34. The lowest BCUT2D eigenvalue weighted by Gasteiger charge is -2.25. The van der Waals surface area contributed by atoms with Crippen LogP contribution in [0.25, 0.3) is 5.76 Å². The molecular formula is C28H24ClNO4. The number of halogens is 1. The van der Waals surface area contributed by atoms with Crippen molar-refractivity contribution in [3.8, 4) is 5.75 Å². The van der Waals surface area contributed by atoms with Crippen molar-refractivity contribution in [3.05, 3.63) is 106 Å². The van der Waals surface area contributed by atoms with E-state index in [0.29, 0.717) is 23.6 Å². The molecule has 5 rings (SSSR count). The maximum Gasteiger partial charge on any atom is 0.295 e. The highest BCUT2D eigenvalue weighted by Crippen LogP contribution is 2.41. The number of aliphatic hydroxyl groups is 1. The Hall–Kier alpha value is -3.57. The van der Waals surface area contributed by atoms with E-state index in [0.717, 1.165) is 28.9 Å². The molecule has 172 valence electrons. The molecule has 0 aromatic heterocycles. The van der Waals surface area contributed by atoms with E-state index in [1.165, 1.54) is 0 Å². The van der Waals surface area contributed by atoms with Crippen LogP contribution in [-0.4, -0.2) is 34.3 Å². The van der Waals surface area contributed by atoms with Crippen molar-refractivity contribution in [2.75, 3.05) is 6.54 Å². The Morgan fingerprint density at radius 1 is 1.06 bits per heavy atom. The zero-order valence-corrected chi connectivity index (χ0v) is 19.5. The summed E-state index contributed by atoms with van der Waals surface area (Å²) in [6.07, 6.45) is 1.37. The second kappa shape index (κ2) is 8.99. The molecule has 1 N–H and O–H groups in total. The lowest BCUT2D eigenvalue weighted by atomic mass is 9.94. The van der Waals surface area contributed by atoms with E-state index >= 15 is 0 Å². The van der Waals surface area contributed by atoms with Gasteiger partial charge in [0.1, 0.15) is 17.6 Å². The molecule has 34 heavy (non-hydrogen) atoms. The van der Waals surface area contributed by atoms with E-state index in [-0.39, 0.29) is 17.4 Å². The largest absolute Gasteiger partial charge is 0.507 e. The highest BCUT2D eigenvalue weighted by Gasteiger charge is 2.45. The van der Waals surface area contributed by atoms with Crippen LogP contribution < -0.4 is 4.74 Å². The number of nitrogens with zero attached hydrogens (tertiary/aromatic N) is 1. The van der Waals surface area contributed by atoms with Gasteiger partial charge in [-0.15, -0.1) is 0 Å². The number of amides is 1. The number of rotatable bonds is 5. The van der Waals surface area contributed by atoms with Gasteiger partial charge in [0, 0.05) is 23.6 Å². The number of hydrogen-bond acceptors (Lipinski definition) is 4. The molecule has 6 heteroatoms. The van der Waals surface area contributed by atoms with E-state index in [1.807, 2.05) is 43.3 Å². The quantitative estimate of drug-likeness (QED) is 0.309. The summed E-state index contributed by atoms with van der Waals surface area (Å²) in [4.78, 5) is 27.9. The van der Waals surface area contributed by atoms with Crippen LogP contribution in [-0.2, 0) is 22.4 Å². The third kappa shape index (κ3) is 4.08. The highest BCUT2D eigenvalue weighted by molar-refractivity contribution is 6.46. The Kier molecular flexibility index (Phi) is 5.88. The SMILES string of the molecule is C[C@@H]1Cc2cc(C(O)=C3C(=O)C(=O)N(CCc4ccccc4)[C@H]3c3ccc(Cl)cc3)ccc2O1. The molecule has 0 spiro atoms. The standard InChI is InChI=1S/C28H24ClNO4/c1-17-15-21-16-20(9-12-23(21)34-17)26(31)24-25(19-7-10-22(29)11-8-19)30(28(33)27(24)32)14-13-18-5-3-2-4-6-18/h2-12,16-17,25,31H,13-15H2,1H3/t17-,25+/m1/s1. The van der Waals surface area contributed by atoms with Gasteiger partial charge in [-0.1, -0.05) is 54.1 Å². The molecule has 1 amide bonds. The average molecular weight is 474 g/mol. The number of aliphatic hydroxyl groups excluding tert-OH is 1. The molecule has 3 aromatic rings. The van der Waals surface area contributed by atoms with Crippen molar-refractivity contribution < 1.29 is 19.4 Å². The summed E-state index contributed by atoms with van der Waals surface area (Å²) in [6, 6.07) is 21.5. The predicted octanol–water partition coefficient (Wildman–Crippen LogP) is 5.33. The van der Waals surface area contributed by atoms with Crippen molar-refractivity contribution in [2.45, 2.75) is 31.9 Å². The van der Waals surface area contributed by atoms with Gasteiger partial charge < -0.3 is 14.7 Å².